The number of ketones is 1. The van der Waals surface area contributed by atoms with Gasteiger partial charge in [-0.3, -0.25) is 14.4 Å². The quantitative estimate of drug-likeness (QED) is 0.602. The number of thiophene rings is 1. The van der Waals surface area contributed by atoms with E-state index in [4.69, 9.17) is 4.74 Å². The Hall–Kier alpha value is -2.47. The number of benzene rings is 1. The molecule has 6 heteroatoms. The van der Waals surface area contributed by atoms with Gasteiger partial charge in [-0.15, -0.1) is 11.3 Å². The first-order chi connectivity index (χ1) is 11.9. The summed E-state index contributed by atoms with van der Waals surface area (Å²) in [6.45, 7) is 5.46. The van der Waals surface area contributed by atoms with Crippen LogP contribution in [0.4, 0.5) is 5.69 Å². The third-order valence-electron chi connectivity index (χ3n) is 3.66. The number of nitrogens with one attached hydrogen (secondary N) is 1. The van der Waals surface area contributed by atoms with Crippen molar-refractivity contribution in [3.8, 4) is 0 Å². The van der Waals surface area contributed by atoms with E-state index in [2.05, 4.69) is 5.32 Å². The summed E-state index contributed by atoms with van der Waals surface area (Å²) >= 11 is 1.34. The summed E-state index contributed by atoms with van der Waals surface area (Å²) in [5, 5.41) is 4.58. The smallest absolute Gasteiger partial charge is 0.306 e. The number of Topliss-reactive ketones (excluding diaryl/α,β-unsaturated/α-hetero) is 1. The topological polar surface area (TPSA) is 72.5 Å². The molecule has 0 atom stereocenters. The van der Waals surface area contributed by atoms with E-state index in [0.29, 0.717) is 4.88 Å². The van der Waals surface area contributed by atoms with Gasteiger partial charge in [0, 0.05) is 12.1 Å². The van der Waals surface area contributed by atoms with Crippen LogP contribution in [0.15, 0.2) is 29.6 Å². The second-order valence-electron chi connectivity index (χ2n) is 5.88. The number of ether oxygens (including phenoxy) is 1. The van der Waals surface area contributed by atoms with Crippen LogP contribution in [0, 0.1) is 20.8 Å². The van der Waals surface area contributed by atoms with Gasteiger partial charge in [0.15, 0.2) is 12.4 Å². The fourth-order valence-electron chi connectivity index (χ4n) is 2.55. The van der Waals surface area contributed by atoms with Crippen molar-refractivity contribution < 1.29 is 19.1 Å². The molecule has 1 aromatic carbocycles. The Morgan fingerprint density at radius 2 is 1.76 bits per heavy atom. The lowest BCUT2D eigenvalue weighted by atomic mass is 10.1. The normalized spacial score (nSPS) is 10.4. The van der Waals surface area contributed by atoms with Crippen molar-refractivity contribution in [1.29, 1.82) is 0 Å². The molecule has 1 aromatic heterocycles. The third-order valence-corrected chi connectivity index (χ3v) is 4.57. The molecule has 0 spiro atoms. The molecule has 0 unspecified atom stereocenters. The number of esters is 1. The molecule has 5 nitrogen and oxygen atoms in total. The number of carbonyl (C=O) groups is 3. The zero-order valence-corrected chi connectivity index (χ0v) is 15.4. The maximum atomic E-state index is 12.0. The molecule has 1 amide bonds. The van der Waals surface area contributed by atoms with Gasteiger partial charge in [-0.25, -0.2) is 0 Å². The van der Waals surface area contributed by atoms with Crippen molar-refractivity contribution in [3.63, 3.8) is 0 Å². The Morgan fingerprint density at radius 3 is 2.36 bits per heavy atom. The molecule has 0 saturated carbocycles. The number of carbonyl (C=O) groups excluding carboxylic acids is 3. The first-order valence-electron chi connectivity index (χ1n) is 7.97. The van der Waals surface area contributed by atoms with Gasteiger partial charge in [0.2, 0.25) is 0 Å². The first kappa shape index (κ1) is 18.9. The number of hydrogen-bond donors (Lipinski definition) is 1. The summed E-state index contributed by atoms with van der Waals surface area (Å²) in [5.41, 5.74) is 3.77. The van der Waals surface area contributed by atoms with Crippen molar-refractivity contribution in [2.45, 2.75) is 33.6 Å². The molecule has 132 valence electrons. The van der Waals surface area contributed by atoms with E-state index in [-0.39, 0.29) is 25.2 Å². The molecule has 0 aliphatic carbocycles. The van der Waals surface area contributed by atoms with Gasteiger partial charge < -0.3 is 10.1 Å². The minimum Gasteiger partial charge on any atom is -0.456 e. The zero-order chi connectivity index (χ0) is 18.4. The Kier molecular flexibility index (Phi) is 6.47. The van der Waals surface area contributed by atoms with E-state index in [1.165, 1.54) is 11.3 Å². The Bertz CT molecular complexity index is 758. The van der Waals surface area contributed by atoms with Gasteiger partial charge in [0.1, 0.15) is 0 Å². The second-order valence-corrected chi connectivity index (χ2v) is 6.83. The van der Waals surface area contributed by atoms with Gasteiger partial charge in [-0.2, -0.15) is 0 Å². The molecule has 1 heterocycles. The summed E-state index contributed by atoms with van der Waals surface area (Å²) in [4.78, 5) is 36.1. The highest BCUT2D eigenvalue weighted by Crippen LogP contribution is 2.21. The molecule has 0 bridgehead atoms. The van der Waals surface area contributed by atoms with Crippen molar-refractivity contribution in [1.82, 2.24) is 0 Å². The fourth-order valence-corrected chi connectivity index (χ4v) is 3.24. The number of hydrogen-bond acceptors (Lipinski definition) is 5. The van der Waals surface area contributed by atoms with E-state index >= 15 is 0 Å². The molecule has 1 N–H and O–H groups in total. The highest BCUT2D eigenvalue weighted by atomic mass is 32.1. The summed E-state index contributed by atoms with van der Waals surface area (Å²) in [7, 11) is 0. The molecule has 0 fully saturated rings. The first-order valence-corrected chi connectivity index (χ1v) is 8.85. The lowest BCUT2D eigenvalue weighted by Crippen LogP contribution is -2.22. The van der Waals surface area contributed by atoms with Gasteiger partial charge in [-0.1, -0.05) is 23.8 Å². The van der Waals surface area contributed by atoms with E-state index in [0.717, 1.165) is 22.4 Å². The van der Waals surface area contributed by atoms with Crippen molar-refractivity contribution in [2.75, 3.05) is 11.9 Å². The van der Waals surface area contributed by atoms with Crippen LogP contribution in [-0.2, 0) is 14.3 Å². The highest BCUT2D eigenvalue weighted by molar-refractivity contribution is 7.12. The minimum atomic E-state index is -0.558. The van der Waals surface area contributed by atoms with Gasteiger partial charge in [-0.05, 0) is 43.3 Å². The summed E-state index contributed by atoms with van der Waals surface area (Å²) in [6, 6.07) is 7.46. The van der Waals surface area contributed by atoms with Crippen LogP contribution in [0.3, 0.4) is 0 Å². The van der Waals surface area contributed by atoms with Crippen LogP contribution in [0.25, 0.3) is 0 Å². The maximum Gasteiger partial charge on any atom is 0.306 e. The van der Waals surface area contributed by atoms with Crippen molar-refractivity contribution in [3.05, 3.63) is 51.2 Å². The summed E-state index contributed by atoms with van der Waals surface area (Å²) in [5.74, 6) is -1.05. The highest BCUT2D eigenvalue weighted by Gasteiger charge is 2.13. The van der Waals surface area contributed by atoms with E-state index in [1.54, 1.807) is 12.1 Å². The second kappa shape index (κ2) is 8.58. The summed E-state index contributed by atoms with van der Waals surface area (Å²) < 4.78 is 4.95. The lowest BCUT2D eigenvalue weighted by molar-refractivity contribution is -0.147. The lowest BCUT2D eigenvalue weighted by Gasteiger charge is -2.13. The molecule has 0 aliphatic rings. The van der Waals surface area contributed by atoms with Crippen LogP contribution < -0.4 is 5.32 Å². The average Bonchev–Trinajstić information content (AvgIpc) is 3.08. The van der Waals surface area contributed by atoms with Gasteiger partial charge >= 0.3 is 5.97 Å². The largest absolute Gasteiger partial charge is 0.456 e. The van der Waals surface area contributed by atoms with Crippen LogP contribution >= 0.6 is 11.3 Å². The predicted molar refractivity (Wildman–Crippen MR) is 98.1 cm³/mol. The molecule has 2 aromatic rings. The van der Waals surface area contributed by atoms with Crippen LogP contribution in [0.1, 0.15) is 39.2 Å². The number of amides is 1. The molecule has 0 saturated heterocycles. The Balaban J connectivity index is 1.78. The van der Waals surface area contributed by atoms with E-state index in [9.17, 15) is 14.4 Å². The average molecular weight is 359 g/mol. The van der Waals surface area contributed by atoms with E-state index < -0.39 is 11.9 Å². The van der Waals surface area contributed by atoms with Crippen molar-refractivity contribution in [2.24, 2.45) is 0 Å². The zero-order valence-electron chi connectivity index (χ0n) is 14.5. The van der Waals surface area contributed by atoms with Crippen LogP contribution in [0.5, 0.6) is 0 Å². The van der Waals surface area contributed by atoms with Gasteiger partial charge in [0.05, 0.1) is 11.3 Å². The molecule has 0 radical (unpaired) electrons. The molecular weight excluding hydrogens is 338 g/mol. The maximum absolute atomic E-state index is 12.0. The molecule has 2 rings (SSSR count). The Morgan fingerprint density at radius 1 is 1.08 bits per heavy atom. The molecular formula is C19H21NO4S. The van der Waals surface area contributed by atoms with Crippen LogP contribution in [0.2, 0.25) is 0 Å². The van der Waals surface area contributed by atoms with Crippen molar-refractivity contribution >= 4 is 34.7 Å². The molecule has 0 aliphatic heterocycles. The fraction of sp³-hybridized carbons (Fsp3) is 0.316. The molecule has 25 heavy (non-hydrogen) atoms. The number of anilines is 1. The number of rotatable bonds is 7. The number of aryl methyl sites for hydroxylation is 3. The van der Waals surface area contributed by atoms with E-state index in [1.807, 2.05) is 38.3 Å². The standard InChI is InChI=1S/C19H21NO4S/c1-12-9-13(2)19(14(3)10-12)20-17(22)11-24-18(23)7-6-15(21)16-5-4-8-25-16/h4-5,8-10H,6-7,11H2,1-3H3,(H,20,22). The SMILES string of the molecule is Cc1cc(C)c(NC(=O)COC(=O)CCC(=O)c2cccs2)c(C)c1. The summed E-state index contributed by atoms with van der Waals surface area (Å²) in [6.07, 6.45) is 0.0454. The van der Waals surface area contributed by atoms with Gasteiger partial charge in [0.25, 0.3) is 5.91 Å². The third kappa shape index (κ3) is 5.53. The minimum absolute atomic E-state index is 0.0351. The predicted octanol–water partition coefficient (Wildman–Crippen LogP) is 3.82. The monoisotopic (exact) mass is 359 g/mol. The van der Waals surface area contributed by atoms with Crippen LogP contribution in [-0.4, -0.2) is 24.3 Å². The Labute approximate surface area is 151 Å².